The Kier molecular flexibility index (Phi) is 12.1. The highest BCUT2D eigenvalue weighted by atomic mass is 32.2. The van der Waals surface area contributed by atoms with Gasteiger partial charge in [0.25, 0.3) is 0 Å². The number of hydrogen-bond acceptors (Lipinski definition) is 6. The van der Waals surface area contributed by atoms with Crippen molar-refractivity contribution in [3.8, 4) is 0 Å². The smallest absolute Gasteiger partial charge is 0.187 e. The number of methoxy groups -OCH3 is 1. The van der Waals surface area contributed by atoms with Gasteiger partial charge in [0.15, 0.2) is 5.17 Å². The highest BCUT2D eigenvalue weighted by Crippen LogP contribution is 2.40. The summed E-state index contributed by atoms with van der Waals surface area (Å²) in [7, 11) is 3.95. The van der Waals surface area contributed by atoms with Gasteiger partial charge in [0.1, 0.15) is 5.84 Å². The molecule has 38 heavy (non-hydrogen) atoms. The molecule has 6 heteroatoms. The lowest BCUT2D eigenvalue weighted by Gasteiger charge is -2.37. The standard InChI is InChI=1S/C32H52N4OS/c1-9-23(3)29(10-2)35(7)31-30(26(6)27-15-14-16-27)28(18-17-24(4)25(5)19-22-37-8)33-32(38-34-31)36-20-12-11-13-21-36/h17,19,22-23,25,27,29H,6,9-16,18,20-21H2,1-5,7-8H3/b22-19+,24-17?. The number of hydrogen-bond donors (Lipinski definition) is 0. The number of amidine groups is 2. The number of nitrogens with zero attached hydrogens (tertiary/aromatic N) is 4. The van der Waals surface area contributed by atoms with Gasteiger partial charge in [-0.3, -0.25) is 0 Å². The van der Waals surface area contributed by atoms with Gasteiger partial charge in [-0.1, -0.05) is 58.8 Å². The Morgan fingerprint density at radius 3 is 2.45 bits per heavy atom. The maximum atomic E-state index is 5.41. The SMILES string of the molecule is C=C(C1=C(CC=C(C)C(C)/C=C/OC)N=C(N2CCCCC2)SN=C1N(C)C(CC)C(C)CC)C1CCC1. The van der Waals surface area contributed by atoms with Gasteiger partial charge in [-0.2, -0.15) is 4.40 Å². The van der Waals surface area contributed by atoms with Crippen molar-refractivity contribution in [1.29, 1.82) is 0 Å². The Hall–Kier alpha value is -1.95. The van der Waals surface area contributed by atoms with Crippen LogP contribution >= 0.6 is 11.9 Å². The molecular formula is C32H52N4OS. The van der Waals surface area contributed by atoms with E-state index in [1.165, 1.54) is 55.2 Å². The van der Waals surface area contributed by atoms with E-state index in [4.69, 9.17) is 20.7 Å². The Bertz CT molecular complexity index is 953. The predicted octanol–water partition coefficient (Wildman–Crippen LogP) is 8.39. The maximum Gasteiger partial charge on any atom is 0.187 e. The molecule has 0 N–H and O–H groups in total. The first-order chi connectivity index (χ1) is 18.3. The first-order valence-corrected chi connectivity index (χ1v) is 15.7. The van der Waals surface area contributed by atoms with Crippen LogP contribution in [0.25, 0.3) is 0 Å². The van der Waals surface area contributed by atoms with Crippen LogP contribution in [-0.4, -0.2) is 54.1 Å². The Labute approximate surface area is 237 Å². The van der Waals surface area contributed by atoms with E-state index in [9.17, 15) is 0 Å². The Morgan fingerprint density at radius 2 is 1.87 bits per heavy atom. The van der Waals surface area contributed by atoms with Crippen molar-refractivity contribution in [2.75, 3.05) is 27.2 Å². The molecule has 3 atom stereocenters. The van der Waals surface area contributed by atoms with E-state index in [1.807, 2.05) is 0 Å². The van der Waals surface area contributed by atoms with E-state index in [0.29, 0.717) is 23.8 Å². The first-order valence-electron chi connectivity index (χ1n) is 14.9. The highest BCUT2D eigenvalue weighted by Gasteiger charge is 2.33. The van der Waals surface area contributed by atoms with Crippen molar-refractivity contribution < 1.29 is 4.74 Å². The van der Waals surface area contributed by atoms with Crippen LogP contribution in [0, 0.1) is 17.8 Å². The molecule has 0 amide bonds. The number of rotatable bonds is 11. The quantitative estimate of drug-likeness (QED) is 0.150. The number of likely N-dealkylation sites (tertiary alicyclic amines) is 1. The van der Waals surface area contributed by atoms with Gasteiger partial charge in [-0.15, -0.1) is 0 Å². The summed E-state index contributed by atoms with van der Waals surface area (Å²) in [5, 5.41) is 1.05. The molecule has 1 aliphatic carbocycles. The van der Waals surface area contributed by atoms with E-state index in [-0.39, 0.29) is 0 Å². The van der Waals surface area contributed by atoms with Crippen LogP contribution in [0.2, 0.25) is 0 Å². The fourth-order valence-electron chi connectivity index (χ4n) is 5.62. The first kappa shape index (κ1) is 30.6. The van der Waals surface area contributed by atoms with Crippen LogP contribution < -0.4 is 0 Å². The highest BCUT2D eigenvalue weighted by molar-refractivity contribution is 8.12. The molecule has 3 aliphatic rings. The molecule has 0 aromatic heterocycles. The zero-order chi connectivity index (χ0) is 27.7. The summed E-state index contributed by atoms with van der Waals surface area (Å²) in [6.45, 7) is 18.2. The third-order valence-electron chi connectivity index (χ3n) is 8.89. The monoisotopic (exact) mass is 540 g/mol. The van der Waals surface area contributed by atoms with Gasteiger partial charge in [-0.05, 0) is 74.9 Å². The van der Waals surface area contributed by atoms with Crippen molar-refractivity contribution in [1.82, 2.24) is 9.80 Å². The molecule has 212 valence electrons. The molecule has 3 rings (SSSR count). The van der Waals surface area contributed by atoms with Crippen LogP contribution in [0.15, 0.2) is 56.8 Å². The van der Waals surface area contributed by atoms with Gasteiger partial charge in [0.2, 0.25) is 0 Å². The van der Waals surface area contributed by atoms with Crippen LogP contribution in [0.4, 0.5) is 0 Å². The van der Waals surface area contributed by atoms with E-state index in [1.54, 1.807) is 25.3 Å². The third-order valence-corrected chi connectivity index (χ3v) is 9.67. The molecule has 2 aliphatic heterocycles. The molecule has 0 bridgehead atoms. The topological polar surface area (TPSA) is 40.4 Å². The molecule has 0 spiro atoms. The van der Waals surface area contributed by atoms with E-state index >= 15 is 0 Å². The maximum absolute atomic E-state index is 5.41. The molecule has 5 nitrogen and oxygen atoms in total. The van der Waals surface area contributed by atoms with Gasteiger partial charge >= 0.3 is 0 Å². The number of aliphatic imine (C=N–C) groups is 1. The lowest BCUT2D eigenvalue weighted by Crippen LogP contribution is -2.42. The molecular weight excluding hydrogens is 488 g/mol. The number of allylic oxidation sites excluding steroid dienone is 3. The summed E-state index contributed by atoms with van der Waals surface area (Å²) in [6, 6.07) is 0.429. The molecule has 3 unspecified atom stereocenters. The van der Waals surface area contributed by atoms with Gasteiger partial charge in [-0.25, -0.2) is 4.99 Å². The predicted molar refractivity (Wildman–Crippen MR) is 166 cm³/mol. The third kappa shape index (κ3) is 7.58. The van der Waals surface area contributed by atoms with Crippen LogP contribution in [0.5, 0.6) is 0 Å². The number of likely N-dealkylation sites (N-methyl/N-ethyl adjacent to an activating group) is 1. The summed E-state index contributed by atoms with van der Waals surface area (Å²) in [5.74, 6) is 2.50. The largest absolute Gasteiger partial charge is 0.505 e. The fraction of sp³-hybridized carbons (Fsp3) is 0.688. The zero-order valence-corrected chi connectivity index (χ0v) is 25.9. The molecule has 0 radical (unpaired) electrons. The van der Waals surface area contributed by atoms with Crippen LogP contribution in [0.1, 0.15) is 92.4 Å². The number of ether oxygens (including phenoxy) is 1. The average Bonchev–Trinajstić information content (AvgIpc) is 3.09. The van der Waals surface area contributed by atoms with Gasteiger partial charge in [0, 0.05) is 38.2 Å². The molecule has 2 heterocycles. The van der Waals surface area contributed by atoms with Crippen molar-refractivity contribution in [2.45, 2.75) is 98.4 Å². The van der Waals surface area contributed by atoms with E-state index < -0.39 is 0 Å². The Morgan fingerprint density at radius 1 is 1.16 bits per heavy atom. The summed E-state index contributed by atoms with van der Waals surface area (Å²) in [5.41, 5.74) is 4.88. The van der Waals surface area contributed by atoms with Crippen molar-refractivity contribution in [2.24, 2.45) is 27.1 Å². The average molecular weight is 541 g/mol. The second-order valence-electron chi connectivity index (χ2n) is 11.4. The summed E-state index contributed by atoms with van der Waals surface area (Å²) in [4.78, 5) is 10.3. The zero-order valence-electron chi connectivity index (χ0n) is 25.1. The number of piperidine rings is 1. The van der Waals surface area contributed by atoms with Crippen molar-refractivity contribution >= 4 is 23.0 Å². The molecule has 2 fully saturated rings. The van der Waals surface area contributed by atoms with Gasteiger partial charge < -0.3 is 14.5 Å². The van der Waals surface area contributed by atoms with E-state index in [2.05, 4.69) is 63.6 Å². The minimum Gasteiger partial charge on any atom is -0.505 e. The molecule has 0 aromatic rings. The second-order valence-corrected chi connectivity index (χ2v) is 12.1. The van der Waals surface area contributed by atoms with Crippen molar-refractivity contribution in [3.63, 3.8) is 0 Å². The summed E-state index contributed by atoms with van der Waals surface area (Å²) >= 11 is 1.58. The van der Waals surface area contributed by atoms with Crippen LogP contribution in [-0.2, 0) is 4.74 Å². The normalized spacial score (nSPS) is 21.9. The molecule has 1 saturated heterocycles. The lowest BCUT2D eigenvalue weighted by atomic mass is 9.76. The van der Waals surface area contributed by atoms with Crippen LogP contribution in [0.3, 0.4) is 0 Å². The van der Waals surface area contributed by atoms with E-state index in [0.717, 1.165) is 49.1 Å². The lowest BCUT2D eigenvalue weighted by molar-refractivity contribution is 0.258. The minimum atomic E-state index is 0.310. The second kappa shape index (κ2) is 15.0. The molecule has 1 saturated carbocycles. The van der Waals surface area contributed by atoms with Crippen molar-refractivity contribution in [3.05, 3.63) is 47.4 Å². The summed E-state index contributed by atoms with van der Waals surface area (Å²) < 4.78 is 10.5. The fourth-order valence-corrected chi connectivity index (χ4v) is 6.46. The molecule has 0 aromatic carbocycles. The minimum absolute atomic E-state index is 0.310. The Balaban J connectivity index is 2.11. The summed E-state index contributed by atoms with van der Waals surface area (Å²) in [6.07, 6.45) is 16.8. The van der Waals surface area contributed by atoms with Gasteiger partial charge in [0.05, 0.1) is 31.0 Å².